The fourth-order valence-electron chi connectivity index (χ4n) is 2.32. The van der Waals surface area contributed by atoms with E-state index in [1.165, 1.54) is 24.9 Å². The Balaban J connectivity index is 1.95. The van der Waals surface area contributed by atoms with E-state index >= 15 is 0 Å². The third-order valence-corrected chi connectivity index (χ3v) is 3.25. The van der Waals surface area contributed by atoms with Crippen LogP contribution in [0.5, 0.6) is 5.75 Å². The van der Waals surface area contributed by atoms with Gasteiger partial charge in [0, 0.05) is 19.8 Å². The molecular formula is C13H19N3O2. The number of carbonyl (C=O) groups excluding carboxylic acids is 1. The van der Waals surface area contributed by atoms with Crippen LogP contribution < -0.4 is 5.32 Å². The quantitative estimate of drug-likeness (QED) is 0.834. The maximum Gasteiger partial charge on any atom is 0.255 e. The van der Waals surface area contributed by atoms with Gasteiger partial charge in [-0.2, -0.15) is 0 Å². The number of nitrogens with zero attached hydrogens (tertiary/aromatic N) is 2. The second-order valence-electron chi connectivity index (χ2n) is 4.83. The van der Waals surface area contributed by atoms with Crippen molar-refractivity contribution >= 4 is 5.91 Å². The van der Waals surface area contributed by atoms with E-state index < -0.39 is 0 Å². The smallest absolute Gasteiger partial charge is 0.255 e. The molecule has 1 aromatic heterocycles. The lowest BCUT2D eigenvalue weighted by atomic mass is 9.99. The lowest BCUT2D eigenvalue weighted by molar-refractivity contribution is 0.0764. The molecule has 1 aromatic rings. The zero-order chi connectivity index (χ0) is 13.0. The number of hydrogen-bond donors (Lipinski definition) is 2. The Kier molecular flexibility index (Phi) is 4.15. The van der Waals surface area contributed by atoms with Crippen LogP contribution in [0.25, 0.3) is 0 Å². The second-order valence-corrected chi connectivity index (χ2v) is 4.83. The first-order valence-corrected chi connectivity index (χ1v) is 6.27. The average molecular weight is 249 g/mol. The number of amides is 1. The maximum absolute atomic E-state index is 12.1. The summed E-state index contributed by atoms with van der Waals surface area (Å²) in [5, 5.41) is 12.7. The monoisotopic (exact) mass is 249 g/mol. The molecule has 1 atom stereocenters. The van der Waals surface area contributed by atoms with Crippen molar-refractivity contribution in [2.45, 2.75) is 12.8 Å². The highest BCUT2D eigenvalue weighted by Crippen LogP contribution is 2.14. The molecule has 0 spiro atoms. The van der Waals surface area contributed by atoms with E-state index in [2.05, 4.69) is 10.3 Å². The lowest BCUT2D eigenvalue weighted by Crippen LogP contribution is -2.39. The molecule has 5 nitrogen and oxygen atoms in total. The van der Waals surface area contributed by atoms with Crippen LogP contribution in [0.1, 0.15) is 23.2 Å². The number of carbonyl (C=O) groups is 1. The van der Waals surface area contributed by atoms with Crippen LogP contribution in [0.4, 0.5) is 0 Å². The van der Waals surface area contributed by atoms with Gasteiger partial charge in [0.1, 0.15) is 5.75 Å². The van der Waals surface area contributed by atoms with Crippen molar-refractivity contribution in [1.82, 2.24) is 15.2 Å². The zero-order valence-electron chi connectivity index (χ0n) is 10.6. The highest BCUT2D eigenvalue weighted by molar-refractivity contribution is 5.94. The van der Waals surface area contributed by atoms with Gasteiger partial charge in [-0.25, -0.2) is 0 Å². The first-order valence-electron chi connectivity index (χ1n) is 6.27. The van der Waals surface area contributed by atoms with Gasteiger partial charge in [-0.15, -0.1) is 0 Å². The molecule has 1 amide bonds. The minimum absolute atomic E-state index is 0.0218. The molecule has 0 aliphatic carbocycles. The third kappa shape index (κ3) is 3.20. The normalized spacial score (nSPS) is 19.5. The molecule has 2 N–H and O–H groups in total. The molecule has 1 aliphatic heterocycles. The fraction of sp³-hybridized carbons (Fsp3) is 0.538. The summed E-state index contributed by atoms with van der Waals surface area (Å²) in [6, 6.07) is 1.45. The number of pyridine rings is 1. The van der Waals surface area contributed by atoms with Crippen LogP contribution in [0, 0.1) is 5.92 Å². The molecule has 1 fully saturated rings. The van der Waals surface area contributed by atoms with E-state index in [1.54, 1.807) is 11.9 Å². The zero-order valence-corrected chi connectivity index (χ0v) is 10.6. The van der Waals surface area contributed by atoms with Crippen molar-refractivity contribution in [2.75, 3.05) is 26.7 Å². The molecule has 5 heteroatoms. The highest BCUT2D eigenvalue weighted by atomic mass is 16.3. The second kappa shape index (κ2) is 5.82. The number of nitrogens with one attached hydrogen (secondary N) is 1. The minimum Gasteiger partial charge on any atom is -0.506 e. The van der Waals surface area contributed by atoms with E-state index in [1.807, 2.05) is 0 Å². The van der Waals surface area contributed by atoms with Gasteiger partial charge in [0.15, 0.2) is 0 Å². The molecule has 98 valence electrons. The van der Waals surface area contributed by atoms with E-state index in [0.717, 1.165) is 26.1 Å². The summed E-state index contributed by atoms with van der Waals surface area (Å²) in [5.74, 6) is 0.440. The summed E-state index contributed by atoms with van der Waals surface area (Å²) in [4.78, 5) is 17.7. The van der Waals surface area contributed by atoms with Crippen molar-refractivity contribution in [3.8, 4) is 5.75 Å². The van der Waals surface area contributed by atoms with E-state index in [4.69, 9.17) is 0 Å². The van der Waals surface area contributed by atoms with Crippen LogP contribution >= 0.6 is 0 Å². The van der Waals surface area contributed by atoms with Gasteiger partial charge in [-0.3, -0.25) is 9.78 Å². The lowest BCUT2D eigenvalue weighted by Gasteiger charge is -2.27. The van der Waals surface area contributed by atoms with Gasteiger partial charge in [0.05, 0.1) is 11.8 Å². The summed E-state index contributed by atoms with van der Waals surface area (Å²) >= 11 is 0. The Labute approximate surface area is 107 Å². The first kappa shape index (κ1) is 12.8. The molecule has 1 saturated heterocycles. The number of rotatable bonds is 3. The molecule has 0 bridgehead atoms. The van der Waals surface area contributed by atoms with Crippen LogP contribution in [0.3, 0.4) is 0 Å². The van der Waals surface area contributed by atoms with E-state index in [-0.39, 0.29) is 11.7 Å². The predicted molar refractivity (Wildman–Crippen MR) is 68.5 cm³/mol. The molecule has 18 heavy (non-hydrogen) atoms. The van der Waals surface area contributed by atoms with Crippen LogP contribution in [-0.4, -0.2) is 47.6 Å². The van der Waals surface area contributed by atoms with E-state index in [0.29, 0.717) is 11.5 Å². The van der Waals surface area contributed by atoms with Crippen molar-refractivity contribution in [1.29, 1.82) is 0 Å². The summed E-state index contributed by atoms with van der Waals surface area (Å²) in [5.41, 5.74) is 0.432. The molecule has 0 radical (unpaired) electrons. The average Bonchev–Trinajstić information content (AvgIpc) is 2.39. The number of piperidine rings is 1. The van der Waals surface area contributed by atoms with Crippen molar-refractivity contribution in [3.05, 3.63) is 24.0 Å². The number of aromatic nitrogens is 1. The van der Waals surface area contributed by atoms with E-state index in [9.17, 15) is 9.90 Å². The van der Waals surface area contributed by atoms with Crippen molar-refractivity contribution < 1.29 is 9.90 Å². The van der Waals surface area contributed by atoms with Gasteiger partial charge >= 0.3 is 0 Å². The Morgan fingerprint density at radius 1 is 1.61 bits per heavy atom. The third-order valence-electron chi connectivity index (χ3n) is 3.25. The summed E-state index contributed by atoms with van der Waals surface area (Å²) in [6.45, 7) is 2.78. The van der Waals surface area contributed by atoms with Gasteiger partial charge < -0.3 is 15.3 Å². The van der Waals surface area contributed by atoms with Crippen molar-refractivity contribution in [3.63, 3.8) is 0 Å². The van der Waals surface area contributed by atoms with Gasteiger partial charge in [-0.1, -0.05) is 0 Å². The van der Waals surface area contributed by atoms with Crippen molar-refractivity contribution in [2.24, 2.45) is 5.92 Å². The fourth-order valence-corrected chi connectivity index (χ4v) is 2.32. The molecule has 1 aliphatic rings. The highest BCUT2D eigenvalue weighted by Gasteiger charge is 2.19. The van der Waals surface area contributed by atoms with Gasteiger partial charge in [0.2, 0.25) is 0 Å². The minimum atomic E-state index is -0.0935. The number of aromatic hydroxyl groups is 1. The van der Waals surface area contributed by atoms with Crippen LogP contribution in [0.2, 0.25) is 0 Å². The molecular weight excluding hydrogens is 230 g/mol. The Morgan fingerprint density at radius 2 is 2.44 bits per heavy atom. The molecule has 0 aromatic carbocycles. The molecule has 2 rings (SSSR count). The molecule has 2 heterocycles. The maximum atomic E-state index is 12.1. The topological polar surface area (TPSA) is 65.5 Å². The van der Waals surface area contributed by atoms with Crippen LogP contribution in [0.15, 0.2) is 18.5 Å². The molecule has 1 unspecified atom stereocenters. The predicted octanol–water partition coefficient (Wildman–Crippen LogP) is 0.859. The Hall–Kier alpha value is -1.62. The Bertz CT molecular complexity index is 416. The number of hydrogen-bond acceptors (Lipinski definition) is 4. The summed E-state index contributed by atoms with van der Waals surface area (Å²) in [6.07, 6.45) is 5.13. The van der Waals surface area contributed by atoms with Gasteiger partial charge in [-0.05, 0) is 37.9 Å². The largest absolute Gasteiger partial charge is 0.506 e. The standard InChI is InChI=1S/C13H19N3O2/c1-16(9-10-3-2-4-14-6-10)13(18)11-5-12(17)8-15-7-11/h5,7-8,10,14,17H,2-4,6,9H2,1H3. The molecule has 0 saturated carbocycles. The first-order chi connectivity index (χ1) is 8.66. The summed E-state index contributed by atoms with van der Waals surface area (Å²) in [7, 11) is 1.79. The van der Waals surface area contributed by atoms with Gasteiger partial charge in [0.25, 0.3) is 5.91 Å². The van der Waals surface area contributed by atoms with Crippen LogP contribution in [-0.2, 0) is 0 Å². The summed E-state index contributed by atoms with van der Waals surface area (Å²) < 4.78 is 0. The Morgan fingerprint density at radius 3 is 3.11 bits per heavy atom. The SMILES string of the molecule is CN(CC1CCCNC1)C(=O)c1cncc(O)c1.